The Bertz CT molecular complexity index is 939. The van der Waals surface area contributed by atoms with E-state index < -0.39 is 6.04 Å². The number of hydrogen-bond acceptors (Lipinski definition) is 4. The van der Waals surface area contributed by atoms with Gasteiger partial charge in [0, 0.05) is 29.5 Å². The summed E-state index contributed by atoms with van der Waals surface area (Å²) in [5.74, 6) is -0.626. The number of Topliss-reactive ketones (excluding diaryl/α,β-unsaturated/α-hetero) is 1. The van der Waals surface area contributed by atoms with Crippen molar-refractivity contribution in [1.82, 2.24) is 0 Å². The molecule has 0 aliphatic heterocycles. The van der Waals surface area contributed by atoms with Crippen LogP contribution in [-0.4, -0.2) is 42.6 Å². The van der Waals surface area contributed by atoms with Gasteiger partial charge in [-0.25, -0.2) is 0 Å². The highest BCUT2D eigenvalue weighted by molar-refractivity contribution is 5.97. The van der Waals surface area contributed by atoms with Crippen LogP contribution in [-0.2, 0) is 14.4 Å². The van der Waals surface area contributed by atoms with Crippen molar-refractivity contribution in [1.29, 1.82) is 0 Å². The van der Waals surface area contributed by atoms with E-state index in [0.29, 0.717) is 29.2 Å². The van der Waals surface area contributed by atoms with Crippen molar-refractivity contribution in [3.8, 4) is 0 Å². The first-order chi connectivity index (χ1) is 14.7. The minimum Gasteiger partial charge on any atom is -0.326 e. The van der Waals surface area contributed by atoms with Gasteiger partial charge in [0.05, 0.1) is 6.54 Å². The highest BCUT2D eigenvalue weighted by Crippen LogP contribution is 2.13. The van der Waals surface area contributed by atoms with Crippen molar-refractivity contribution in [2.24, 2.45) is 0 Å². The number of anilines is 3. The van der Waals surface area contributed by atoms with E-state index in [4.69, 9.17) is 0 Å². The predicted molar refractivity (Wildman–Crippen MR) is 120 cm³/mol. The molecule has 4 N–H and O–H groups in total. The summed E-state index contributed by atoms with van der Waals surface area (Å²) >= 11 is 0. The van der Waals surface area contributed by atoms with Crippen LogP contribution in [0.25, 0.3) is 0 Å². The van der Waals surface area contributed by atoms with Gasteiger partial charge in [0.25, 0.3) is 11.8 Å². The first-order valence-corrected chi connectivity index (χ1v) is 10.1. The summed E-state index contributed by atoms with van der Waals surface area (Å²) in [6.45, 7) is 7.31. The van der Waals surface area contributed by atoms with Gasteiger partial charge in [-0.05, 0) is 69.3 Å². The fourth-order valence-corrected chi connectivity index (χ4v) is 3.06. The largest absolute Gasteiger partial charge is 0.326 e. The van der Waals surface area contributed by atoms with Crippen LogP contribution in [0.5, 0.6) is 0 Å². The average molecular weight is 426 g/mol. The third kappa shape index (κ3) is 7.35. The number of nitrogens with one attached hydrogen (secondary N) is 4. The lowest BCUT2D eigenvalue weighted by atomic mass is 10.1. The molecule has 3 amide bonds. The topological polar surface area (TPSA) is 109 Å². The smallest absolute Gasteiger partial charge is 0.282 e. The third-order valence-electron chi connectivity index (χ3n) is 4.90. The molecule has 0 saturated carbocycles. The van der Waals surface area contributed by atoms with Crippen molar-refractivity contribution in [2.75, 3.05) is 29.0 Å². The number of hydrogen-bond donors (Lipinski definition) is 4. The summed E-state index contributed by atoms with van der Waals surface area (Å²) < 4.78 is 0. The van der Waals surface area contributed by atoms with E-state index in [1.54, 1.807) is 55.5 Å². The molecule has 0 aliphatic carbocycles. The van der Waals surface area contributed by atoms with Crippen molar-refractivity contribution < 1.29 is 24.1 Å². The quantitative estimate of drug-likeness (QED) is 0.459. The Balaban J connectivity index is 1.92. The van der Waals surface area contributed by atoms with E-state index in [9.17, 15) is 19.2 Å². The summed E-state index contributed by atoms with van der Waals surface area (Å²) in [5.41, 5.74) is 2.43. The Labute approximate surface area is 182 Å². The van der Waals surface area contributed by atoms with Gasteiger partial charge in [-0.3, -0.25) is 19.2 Å². The zero-order valence-electron chi connectivity index (χ0n) is 18.2. The molecule has 8 heteroatoms. The molecule has 0 heterocycles. The Morgan fingerprint density at radius 1 is 0.806 bits per heavy atom. The summed E-state index contributed by atoms with van der Waals surface area (Å²) in [6, 6.07) is 13.1. The van der Waals surface area contributed by atoms with Gasteiger partial charge in [0.2, 0.25) is 5.91 Å². The second-order valence-corrected chi connectivity index (χ2v) is 7.34. The molecule has 2 atom stereocenters. The van der Waals surface area contributed by atoms with Crippen LogP contribution in [0.3, 0.4) is 0 Å². The number of rotatable bonds is 9. The van der Waals surface area contributed by atoms with Crippen LogP contribution >= 0.6 is 0 Å². The highest BCUT2D eigenvalue weighted by atomic mass is 16.2. The first-order valence-electron chi connectivity index (χ1n) is 10.1. The molecule has 0 aromatic heterocycles. The summed E-state index contributed by atoms with van der Waals surface area (Å²) in [6.07, 6.45) is 0. The Morgan fingerprint density at radius 2 is 1.29 bits per heavy atom. The molecule has 2 rings (SSSR count). The number of amides is 3. The number of carbonyl (C=O) groups is 4. The second kappa shape index (κ2) is 11.0. The van der Waals surface area contributed by atoms with Crippen LogP contribution < -0.4 is 20.9 Å². The van der Waals surface area contributed by atoms with Gasteiger partial charge in [-0.15, -0.1) is 0 Å². The van der Waals surface area contributed by atoms with Crippen molar-refractivity contribution in [2.45, 2.75) is 33.7 Å². The zero-order valence-corrected chi connectivity index (χ0v) is 18.2. The number of ketones is 1. The van der Waals surface area contributed by atoms with Crippen LogP contribution in [0.1, 0.15) is 38.1 Å². The van der Waals surface area contributed by atoms with E-state index in [1.165, 1.54) is 13.8 Å². The van der Waals surface area contributed by atoms with Gasteiger partial charge in [-0.1, -0.05) is 0 Å². The third-order valence-corrected chi connectivity index (χ3v) is 4.90. The summed E-state index contributed by atoms with van der Waals surface area (Å²) in [4.78, 5) is 48.3. The fourth-order valence-electron chi connectivity index (χ4n) is 3.06. The fraction of sp³-hybridized carbons (Fsp3) is 0.304. The number of likely N-dealkylation sites (N-methyl/N-ethyl adjacent to an activating group) is 1. The molecule has 0 bridgehead atoms. The van der Waals surface area contributed by atoms with E-state index >= 15 is 0 Å². The molecule has 0 fully saturated rings. The maximum atomic E-state index is 12.6. The predicted octanol–water partition coefficient (Wildman–Crippen LogP) is 1.72. The van der Waals surface area contributed by atoms with Crippen molar-refractivity contribution in [3.05, 3.63) is 54.1 Å². The molecule has 8 nitrogen and oxygen atoms in total. The zero-order chi connectivity index (χ0) is 23.0. The second-order valence-electron chi connectivity index (χ2n) is 7.34. The molecule has 2 aromatic rings. The molecule has 2 aromatic carbocycles. The lowest BCUT2D eigenvalue weighted by molar-refractivity contribution is -0.904. The van der Waals surface area contributed by atoms with E-state index in [0.717, 1.165) is 4.90 Å². The summed E-state index contributed by atoms with van der Waals surface area (Å²) in [5, 5.41) is 8.31. The lowest BCUT2D eigenvalue weighted by Crippen LogP contribution is -3.17. The summed E-state index contributed by atoms with van der Waals surface area (Å²) in [7, 11) is 0. The monoisotopic (exact) mass is 425 g/mol. The van der Waals surface area contributed by atoms with Crippen molar-refractivity contribution in [3.63, 3.8) is 0 Å². The molecule has 0 radical (unpaired) electrons. The average Bonchev–Trinajstić information content (AvgIpc) is 2.73. The van der Waals surface area contributed by atoms with E-state index in [-0.39, 0.29) is 30.0 Å². The standard InChI is InChI=1S/C23H28N4O4/c1-5-27(14-22(30)25-20-12-10-19(11-13-20)24-17(4)29)15(2)23(31)26-21-8-6-18(7-9-21)16(3)28/h6-13,15H,5,14H2,1-4H3,(H,24,29)(H,25,30)(H,26,31)/p+1/t15-/m0/s1. The number of quaternary nitrogens is 1. The molecule has 164 valence electrons. The Hall–Kier alpha value is -3.52. The number of benzene rings is 2. The minimum absolute atomic E-state index is 0.0383. The van der Waals surface area contributed by atoms with Gasteiger partial charge in [0.15, 0.2) is 18.4 Å². The molecule has 0 aliphatic rings. The van der Waals surface area contributed by atoms with E-state index in [1.807, 2.05) is 6.92 Å². The van der Waals surface area contributed by atoms with Crippen LogP contribution in [0, 0.1) is 0 Å². The molecule has 31 heavy (non-hydrogen) atoms. The van der Waals surface area contributed by atoms with Crippen molar-refractivity contribution >= 4 is 40.6 Å². The van der Waals surface area contributed by atoms with Gasteiger partial charge >= 0.3 is 0 Å². The van der Waals surface area contributed by atoms with Gasteiger partial charge in [-0.2, -0.15) is 0 Å². The molecular weight excluding hydrogens is 396 g/mol. The minimum atomic E-state index is -0.453. The van der Waals surface area contributed by atoms with Crippen LogP contribution in [0.2, 0.25) is 0 Å². The van der Waals surface area contributed by atoms with Crippen LogP contribution in [0.4, 0.5) is 17.1 Å². The Morgan fingerprint density at radius 3 is 1.77 bits per heavy atom. The molecule has 0 spiro atoms. The molecular formula is C23H29N4O4+. The van der Waals surface area contributed by atoms with Gasteiger partial charge < -0.3 is 20.9 Å². The molecule has 0 saturated heterocycles. The number of carbonyl (C=O) groups excluding carboxylic acids is 4. The maximum absolute atomic E-state index is 12.6. The lowest BCUT2D eigenvalue weighted by Gasteiger charge is -2.23. The molecule has 1 unspecified atom stereocenters. The maximum Gasteiger partial charge on any atom is 0.282 e. The first kappa shape index (κ1) is 23.8. The van der Waals surface area contributed by atoms with E-state index in [2.05, 4.69) is 16.0 Å². The highest BCUT2D eigenvalue weighted by Gasteiger charge is 2.26. The van der Waals surface area contributed by atoms with Crippen LogP contribution in [0.15, 0.2) is 48.5 Å². The SMILES string of the molecule is CC[NH+](CC(=O)Nc1ccc(NC(C)=O)cc1)[C@@H](C)C(=O)Nc1ccc(C(C)=O)cc1. The van der Waals surface area contributed by atoms with Gasteiger partial charge in [0.1, 0.15) is 0 Å². The normalized spacial score (nSPS) is 12.4. The Kier molecular flexibility index (Phi) is 8.45.